The summed E-state index contributed by atoms with van der Waals surface area (Å²) in [6.45, 7) is 18.8. The number of carbonyl (C=O) groups excluding carboxylic acids is 3. The Hall–Kier alpha value is -6.44. The summed E-state index contributed by atoms with van der Waals surface area (Å²) in [5, 5.41) is 8.82. The van der Waals surface area contributed by atoms with Crippen LogP contribution in [0.15, 0.2) is 60.7 Å². The number of aryl methyl sites for hydroxylation is 2. The number of anilines is 6. The molecule has 0 spiro atoms. The number of hydrogen-bond donors (Lipinski definition) is 4. The van der Waals surface area contributed by atoms with Crippen molar-refractivity contribution in [3.63, 3.8) is 0 Å². The molecule has 472 valence electrons. The first-order valence-electron chi connectivity index (χ1n) is 29.8. The Morgan fingerprint density at radius 2 is 0.988 bits per heavy atom. The molecular formula is C61H84F6N12O6S. The van der Waals surface area contributed by atoms with E-state index in [-0.39, 0.29) is 44.7 Å². The van der Waals surface area contributed by atoms with E-state index < -0.39 is 54.8 Å². The van der Waals surface area contributed by atoms with Crippen LogP contribution in [-0.2, 0) is 14.2 Å². The molecule has 0 unspecified atom stereocenters. The normalized spacial score (nSPS) is 21.3. The molecule has 6 saturated heterocycles. The number of halogens is 6. The predicted molar refractivity (Wildman–Crippen MR) is 328 cm³/mol. The maximum absolute atomic E-state index is 13.0. The lowest BCUT2D eigenvalue weighted by atomic mass is 9.99. The van der Waals surface area contributed by atoms with Gasteiger partial charge in [0.25, 0.3) is 0 Å². The molecule has 6 aliphatic heterocycles. The Bertz CT molecular complexity index is 2960. The Kier molecular flexibility index (Phi) is 21.8. The molecule has 5 N–H and O–H groups in total. The number of piperidine rings is 2. The van der Waals surface area contributed by atoms with E-state index in [1.165, 1.54) is 9.80 Å². The number of nitrogens with one attached hydrogen (secondary N) is 3. The quantitative estimate of drug-likeness (QED) is 0.104. The third-order valence-corrected chi connectivity index (χ3v) is 16.3. The third-order valence-electron chi connectivity index (χ3n) is 16.3. The molecule has 2 aromatic carbocycles. The van der Waals surface area contributed by atoms with E-state index in [0.717, 1.165) is 115 Å². The van der Waals surface area contributed by atoms with Crippen LogP contribution in [0.5, 0.6) is 0 Å². The van der Waals surface area contributed by atoms with Gasteiger partial charge in [-0.05, 0) is 167 Å². The number of morpholine rings is 2. The molecule has 25 heteroatoms. The second kappa shape index (κ2) is 28.6. The van der Waals surface area contributed by atoms with Gasteiger partial charge in [-0.3, -0.25) is 0 Å². The van der Waals surface area contributed by atoms with Gasteiger partial charge in [-0.25, -0.2) is 24.4 Å². The van der Waals surface area contributed by atoms with E-state index in [2.05, 4.69) is 47.7 Å². The van der Waals surface area contributed by atoms with Crippen molar-refractivity contribution in [1.82, 2.24) is 25.1 Å². The van der Waals surface area contributed by atoms with E-state index in [1.54, 1.807) is 0 Å². The summed E-state index contributed by atoms with van der Waals surface area (Å²) in [5.41, 5.74) is 12.7. The van der Waals surface area contributed by atoms with Crippen molar-refractivity contribution < 1.29 is 54.9 Å². The minimum Gasteiger partial charge on any atom is -0.444 e. The van der Waals surface area contributed by atoms with Gasteiger partial charge in [-0.2, -0.15) is 39.8 Å². The number of nitrogens with two attached hydrogens (primary N) is 1. The number of carbonyl (C=O) groups is 3. The first-order chi connectivity index (χ1) is 40.4. The number of benzene rings is 2. The molecule has 86 heavy (non-hydrogen) atoms. The van der Waals surface area contributed by atoms with Crippen molar-refractivity contribution in [1.29, 1.82) is 0 Å². The standard InChI is InChI=1S/C33H45F3N6O4.C28H37F3N6O2.H2S/c1-22-7-8-25(37-30(43)42-11-9-23(20-42)19-33(34,35)36)18-27(22)24-16-28(40-12-14-45-15-13-40)39-29(17-24)41-10-5-6-26(21-41)38-31(44)46-32(2,3)4;1-19-4-5-23(33-27(38)37-8-6-20(17-37)16-28(29,30)31)15-24(19)21-13-25(35-9-11-39-12-10-35)34-26(14-21)36-7-2-3-22(32)18-36;/h7-8,16-18,23,26H,5-6,9-15,19-21H2,1-4H3,(H,37,43)(H,38,44);4-5,13-15,20,22H,2-3,6-12,16-18,32H2,1H3,(H,33,38);1H2/t23-,26+;20-,22+;/m00./s1. The molecule has 4 aromatic rings. The number of rotatable bonds is 11. The number of alkyl halides is 6. The highest BCUT2D eigenvalue weighted by atomic mass is 32.1. The van der Waals surface area contributed by atoms with E-state index in [4.69, 9.17) is 29.9 Å². The van der Waals surface area contributed by atoms with Crippen LogP contribution in [0.4, 0.5) is 75.4 Å². The minimum atomic E-state index is -4.24. The van der Waals surface area contributed by atoms with Crippen LogP contribution in [-0.4, -0.2) is 173 Å². The summed E-state index contributed by atoms with van der Waals surface area (Å²) in [4.78, 5) is 60.3. The Labute approximate surface area is 507 Å². The second-order valence-electron chi connectivity index (χ2n) is 24.4. The maximum Gasteiger partial charge on any atom is 0.407 e. The van der Waals surface area contributed by atoms with Crippen LogP contribution in [0.3, 0.4) is 0 Å². The molecule has 5 amide bonds. The molecule has 8 heterocycles. The monoisotopic (exact) mass is 1230 g/mol. The van der Waals surface area contributed by atoms with Gasteiger partial charge < -0.3 is 65.3 Å². The number of hydrogen-bond acceptors (Lipinski definition) is 13. The summed E-state index contributed by atoms with van der Waals surface area (Å²) >= 11 is 0. The topological polar surface area (TPSA) is 186 Å². The molecule has 18 nitrogen and oxygen atoms in total. The Balaban J connectivity index is 0.000000224. The van der Waals surface area contributed by atoms with Crippen molar-refractivity contribution in [2.75, 3.05) is 135 Å². The highest BCUT2D eigenvalue weighted by molar-refractivity contribution is 7.59. The number of likely N-dealkylation sites (tertiary alicyclic amines) is 2. The summed E-state index contributed by atoms with van der Waals surface area (Å²) in [7, 11) is 0. The minimum absolute atomic E-state index is 0. The van der Waals surface area contributed by atoms with Crippen LogP contribution in [0.25, 0.3) is 22.3 Å². The lowest BCUT2D eigenvalue weighted by molar-refractivity contribution is -0.144. The van der Waals surface area contributed by atoms with Crippen molar-refractivity contribution >= 4 is 66.3 Å². The predicted octanol–water partition coefficient (Wildman–Crippen LogP) is 10.9. The zero-order valence-electron chi connectivity index (χ0n) is 49.9. The number of aromatic nitrogens is 2. The van der Waals surface area contributed by atoms with E-state index in [9.17, 15) is 40.7 Å². The molecule has 0 aliphatic carbocycles. The molecule has 10 rings (SSSR count). The van der Waals surface area contributed by atoms with Gasteiger partial charge in [-0.1, -0.05) is 12.1 Å². The van der Waals surface area contributed by atoms with Crippen LogP contribution in [0.1, 0.15) is 83.3 Å². The third kappa shape index (κ3) is 18.5. The average molecular weight is 1230 g/mol. The fourth-order valence-corrected chi connectivity index (χ4v) is 12.0. The molecular weight excluding hydrogens is 1140 g/mol. The van der Waals surface area contributed by atoms with Crippen molar-refractivity contribution in [2.45, 2.75) is 116 Å². The maximum atomic E-state index is 13.0. The van der Waals surface area contributed by atoms with E-state index >= 15 is 0 Å². The molecule has 6 fully saturated rings. The van der Waals surface area contributed by atoms with Crippen molar-refractivity contribution in [3.05, 3.63) is 71.8 Å². The Morgan fingerprint density at radius 3 is 1.41 bits per heavy atom. The van der Waals surface area contributed by atoms with Gasteiger partial charge in [-0.15, -0.1) is 0 Å². The zero-order chi connectivity index (χ0) is 60.6. The second-order valence-corrected chi connectivity index (χ2v) is 24.4. The summed E-state index contributed by atoms with van der Waals surface area (Å²) in [6.07, 6.45) is -6.21. The molecule has 2 aromatic heterocycles. The SMILES string of the molecule is Cc1ccc(NC(=O)N2CC[C@@H](CC(F)(F)F)C2)cc1-c1cc(N2CCOCC2)nc(N2CCC[C@@H](N)C2)c1.Cc1ccc(NC(=O)N2CC[C@@H](CC(F)(F)F)C2)cc1-c1cc(N2CCOCC2)nc(N2CCC[C@@H](NC(=O)OC(C)(C)C)C2)c1.S. The van der Waals surface area contributed by atoms with Crippen molar-refractivity contribution in [2.24, 2.45) is 17.6 Å². The summed E-state index contributed by atoms with van der Waals surface area (Å²) < 4.78 is 93.7. The van der Waals surface area contributed by atoms with E-state index in [1.807, 2.05) is 83.1 Å². The van der Waals surface area contributed by atoms with Crippen LogP contribution in [0, 0.1) is 25.7 Å². The molecule has 0 saturated carbocycles. The van der Waals surface area contributed by atoms with E-state index in [0.29, 0.717) is 83.4 Å². The number of pyridine rings is 2. The summed E-state index contributed by atoms with van der Waals surface area (Å²) in [6, 6.07) is 18.8. The number of urea groups is 2. The highest BCUT2D eigenvalue weighted by Crippen LogP contribution is 2.37. The van der Waals surface area contributed by atoms with Crippen LogP contribution >= 0.6 is 13.5 Å². The fourth-order valence-electron chi connectivity index (χ4n) is 12.0. The highest BCUT2D eigenvalue weighted by Gasteiger charge is 2.38. The first kappa shape index (κ1) is 65.5. The zero-order valence-corrected chi connectivity index (χ0v) is 50.9. The Morgan fingerprint density at radius 1 is 0.570 bits per heavy atom. The first-order valence-corrected chi connectivity index (χ1v) is 29.8. The number of amides is 5. The van der Waals surface area contributed by atoms with Gasteiger partial charge in [0.05, 0.1) is 26.4 Å². The van der Waals surface area contributed by atoms with Gasteiger partial charge in [0.1, 0.15) is 28.9 Å². The van der Waals surface area contributed by atoms with Crippen molar-refractivity contribution in [3.8, 4) is 22.3 Å². The van der Waals surface area contributed by atoms with Gasteiger partial charge in [0.15, 0.2) is 0 Å². The van der Waals surface area contributed by atoms with Crippen LogP contribution in [0.2, 0.25) is 0 Å². The largest absolute Gasteiger partial charge is 0.444 e. The smallest absolute Gasteiger partial charge is 0.407 e. The van der Waals surface area contributed by atoms with Gasteiger partial charge in [0, 0.05) is 115 Å². The van der Waals surface area contributed by atoms with Gasteiger partial charge >= 0.3 is 30.5 Å². The fraction of sp³-hybridized carbons (Fsp3) is 0.590. The number of ether oxygens (including phenoxy) is 3. The van der Waals surface area contributed by atoms with Crippen LogP contribution < -0.4 is 41.3 Å². The molecule has 4 atom stereocenters. The molecule has 6 aliphatic rings. The van der Waals surface area contributed by atoms with Gasteiger partial charge in [0.2, 0.25) is 0 Å². The lowest BCUT2D eigenvalue weighted by Crippen LogP contribution is -2.49. The lowest BCUT2D eigenvalue weighted by Gasteiger charge is -2.35. The summed E-state index contributed by atoms with van der Waals surface area (Å²) in [5.74, 6) is 2.23. The molecule has 0 bridgehead atoms. The average Bonchev–Trinajstić information content (AvgIpc) is 2.81. The number of nitrogens with zero attached hydrogens (tertiary/aromatic N) is 8. The molecule has 0 radical (unpaired) electrons. The number of alkyl carbamates (subject to hydrolysis) is 1.